The Bertz CT molecular complexity index is 1060. The van der Waals surface area contributed by atoms with E-state index in [0.717, 1.165) is 28.4 Å². The smallest absolute Gasteiger partial charge is 0.207 e. The monoisotopic (exact) mass is 430 g/mol. The molecule has 0 spiro atoms. The summed E-state index contributed by atoms with van der Waals surface area (Å²) in [5, 5.41) is 0. The molecule has 28 heavy (non-hydrogen) atoms. The van der Waals surface area contributed by atoms with Gasteiger partial charge in [-0.15, -0.1) is 0 Å². The van der Waals surface area contributed by atoms with Crippen LogP contribution in [0.5, 0.6) is 0 Å². The van der Waals surface area contributed by atoms with Crippen molar-refractivity contribution in [2.24, 2.45) is 0 Å². The lowest BCUT2D eigenvalue weighted by Gasteiger charge is -2.33. The van der Waals surface area contributed by atoms with Crippen LogP contribution in [0.1, 0.15) is 12.5 Å². The molecule has 2 aromatic carbocycles. The Hall–Kier alpha value is -1.88. The van der Waals surface area contributed by atoms with Gasteiger partial charge in [-0.3, -0.25) is 0 Å². The van der Waals surface area contributed by atoms with Gasteiger partial charge in [0.25, 0.3) is 0 Å². The third-order valence-corrected chi connectivity index (χ3v) is 8.52. The van der Waals surface area contributed by atoms with Crippen molar-refractivity contribution in [3.8, 4) is 0 Å². The highest BCUT2D eigenvalue weighted by atomic mass is 32.2. The molecule has 1 heterocycles. The van der Waals surface area contributed by atoms with Crippen LogP contribution in [0.25, 0.3) is 0 Å². The average Bonchev–Trinajstić information content (AvgIpc) is 2.68. The molecule has 0 amide bonds. The van der Waals surface area contributed by atoms with Gasteiger partial charge in [-0.05, 0) is 36.2 Å². The molecular weight excluding hydrogens is 410 g/mol. The Labute approximate surface area is 163 Å². The zero-order valence-corrected chi connectivity index (χ0v) is 16.8. The fraction of sp³-hybridized carbons (Fsp3) is 0.333. The Morgan fingerprint density at radius 1 is 0.821 bits per heavy atom. The fourth-order valence-corrected chi connectivity index (χ4v) is 5.91. The lowest BCUT2D eigenvalue weighted by molar-refractivity contribution is 0.272. The second kappa shape index (κ2) is 7.86. The quantitative estimate of drug-likeness (QED) is 0.729. The molecule has 2 aromatic rings. The van der Waals surface area contributed by atoms with Crippen LogP contribution >= 0.6 is 0 Å². The van der Waals surface area contributed by atoms with Gasteiger partial charge >= 0.3 is 0 Å². The predicted octanol–water partition coefficient (Wildman–Crippen LogP) is 2.22. The Balaban J connectivity index is 1.76. The first-order valence-corrected chi connectivity index (χ1v) is 11.6. The van der Waals surface area contributed by atoms with Gasteiger partial charge in [-0.25, -0.2) is 25.6 Å². The van der Waals surface area contributed by atoms with Crippen LogP contribution < -0.4 is 0 Å². The van der Waals surface area contributed by atoms with Gasteiger partial charge in [0.05, 0.1) is 4.90 Å². The summed E-state index contributed by atoms with van der Waals surface area (Å²) < 4.78 is 79.9. The molecule has 1 fully saturated rings. The maximum Gasteiger partial charge on any atom is 0.246 e. The number of benzene rings is 2. The van der Waals surface area contributed by atoms with Crippen molar-refractivity contribution in [2.45, 2.75) is 23.1 Å². The molecule has 10 heteroatoms. The van der Waals surface area contributed by atoms with Gasteiger partial charge in [-0.2, -0.15) is 8.61 Å². The van der Waals surface area contributed by atoms with E-state index in [1.165, 1.54) is 16.4 Å². The first-order valence-electron chi connectivity index (χ1n) is 8.70. The number of rotatable bonds is 5. The summed E-state index contributed by atoms with van der Waals surface area (Å²) in [6.07, 6.45) is 0.788. The molecule has 0 saturated carbocycles. The molecule has 0 aliphatic carbocycles. The minimum Gasteiger partial charge on any atom is -0.207 e. The highest BCUT2D eigenvalue weighted by Gasteiger charge is 2.34. The van der Waals surface area contributed by atoms with Crippen LogP contribution in [0.3, 0.4) is 0 Å². The SMILES string of the molecule is CCc1ccc(S(=O)(=O)N2CCN(S(=O)(=O)c3ccc(F)cc3F)CC2)cc1. The van der Waals surface area contributed by atoms with E-state index in [9.17, 15) is 25.6 Å². The summed E-state index contributed by atoms with van der Waals surface area (Å²) in [7, 11) is -7.93. The van der Waals surface area contributed by atoms with Gasteiger partial charge in [0, 0.05) is 32.2 Å². The van der Waals surface area contributed by atoms with E-state index in [1.807, 2.05) is 6.92 Å². The minimum absolute atomic E-state index is 0.0556. The third-order valence-electron chi connectivity index (χ3n) is 4.68. The first kappa shape index (κ1) is 20.8. The van der Waals surface area contributed by atoms with Gasteiger partial charge in [0.2, 0.25) is 20.0 Å². The van der Waals surface area contributed by atoms with Gasteiger partial charge < -0.3 is 0 Å². The topological polar surface area (TPSA) is 74.8 Å². The number of halogens is 2. The van der Waals surface area contributed by atoms with E-state index in [0.29, 0.717) is 6.07 Å². The first-order chi connectivity index (χ1) is 13.2. The molecule has 0 aromatic heterocycles. The summed E-state index contributed by atoms with van der Waals surface area (Å²) in [6, 6.07) is 8.80. The lowest BCUT2D eigenvalue weighted by Crippen LogP contribution is -2.50. The van der Waals surface area contributed by atoms with Crippen LogP contribution in [0, 0.1) is 11.6 Å². The summed E-state index contributed by atoms with van der Waals surface area (Å²) in [6.45, 7) is 1.61. The molecule has 0 radical (unpaired) electrons. The Morgan fingerprint density at radius 3 is 1.86 bits per heavy atom. The maximum absolute atomic E-state index is 13.9. The van der Waals surface area contributed by atoms with E-state index in [2.05, 4.69) is 0 Å². The highest BCUT2D eigenvalue weighted by Crippen LogP contribution is 2.24. The molecule has 0 atom stereocenters. The van der Waals surface area contributed by atoms with Crippen LogP contribution in [0.15, 0.2) is 52.3 Å². The lowest BCUT2D eigenvalue weighted by atomic mass is 10.2. The van der Waals surface area contributed by atoms with Gasteiger partial charge in [-0.1, -0.05) is 19.1 Å². The molecule has 152 valence electrons. The van der Waals surface area contributed by atoms with Crippen LogP contribution in [-0.2, 0) is 26.5 Å². The molecule has 0 N–H and O–H groups in total. The molecule has 1 saturated heterocycles. The molecule has 6 nitrogen and oxygen atoms in total. The minimum atomic E-state index is -4.18. The Kier molecular flexibility index (Phi) is 5.85. The van der Waals surface area contributed by atoms with Crippen molar-refractivity contribution >= 4 is 20.0 Å². The van der Waals surface area contributed by atoms with Crippen molar-refractivity contribution in [3.63, 3.8) is 0 Å². The highest BCUT2D eigenvalue weighted by molar-refractivity contribution is 7.89. The maximum atomic E-state index is 13.9. The largest absolute Gasteiger partial charge is 0.246 e. The van der Waals surface area contributed by atoms with Crippen molar-refractivity contribution < 1.29 is 25.6 Å². The van der Waals surface area contributed by atoms with E-state index < -0.39 is 36.6 Å². The zero-order chi connectivity index (χ0) is 20.5. The van der Waals surface area contributed by atoms with E-state index in [-0.39, 0.29) is 31.1 Å². The molecule has 1 aliphatic heterocycles. The van der Waals surface area contributed by atoms with Crippen LogP contribution in [-0.4, -0.2) is 51.6 Å². The van der Waals surface area contributed by atoms with E-state index >= 15 is 0 Å². The average molecular weight is 430 g/mol. The second-order valence-corrected chi connectivity index (χ2v) is 10.2. The molecule has 0 unspecified atom stereocenters. The third kappa shape index (κ3) is 3.95. The number of sulfonamides is 2. The van der Waals surface area contributed by atoms with E-state index in [1.54, 1.807) is 12.1 Å². The van der Waals surface area contributed by atoms with Crippen molar-refractivity contribution in [3.05, 3.63) is 59.7 Å². The fourth-order valence-electron chi connectivity index (χ4n) is 3.02. The van der Waals surface area contributed by atoms with Crippen molar-refractivity contribution in [1.29, 1.82) is 0 Å². The number of aryl methyl sites for hydroxylation is 1. The van der Waals surface area contributed by atoms with Crippen molar-refractivity contribution in [1.82, 2.24) is 8.61 Å². The molecular formula is C18H20F2N2O4S2. The van der Waals surface area contributed by atoms with Crippen LogP contribution in [0.4, 0.5) is 8.78 Å². The molecule has 0 bridgehead atoms. The number of piperazine rings is 1. The predicted molar refractivity (Wildman–Crippen MR) is 99.7 cm³/mol. The Morgan fingerprint density at radius 2 is 1.36 bits per heavy atom. The standard InChI is InChI=1S/C18H20F2N2O4S2/c1-2-14-3-6-16(7-4-14)27(23,24)21-9-11-22(12-10-21)28(25,26)18-8-5-15(19)13-17(18)20/h3-8,13H,2,9-12H2,1H3. The number of hydrogen-bond donors (Lipinski definition) is 0. The van der Waals surface area contributed by atoms with Crippen LogP contribution in [0.2, 0.25) is 0 Å². The number of nitrogens with zero attached hydrogens (tertiary/aromatic N) is 2. The van der Waals surface area contributed by atoms with Gasteiger partial charge in [0.1, 0.15) is 16.5 Å². The van der Waals surface area contributed by atoms with Crippen molar-refractivity contribution in [2.75, 3.05) is 26.2 Å². The number of hydrogen-bond acceptors (Lipinski definition) is 4. The normalized spacial score (nSPS) is 17.0. The molecule has 1 aliphatic rings. The summed E-state index contributed by atoms with van der Waals surface area (Å²) in [4.78, 5) is -0.481. The summed E-state index contributed by atoms with van der Waals surface area (Å²) in [5.41, 5.74) is 1.01. The zero-order valence-electron chi connectivity index (χ0n) is 15.2. The second-order valence-electron chi connectivity index (χ2n) is 6.38. The van der Waals surface area contributed by atoms with E-state index in [4.69, 9.17) is 0 Å². The summed E-state index contributed by atoms with van der Waals surface area (Å²) in [5.74, 6) is -2.05. The summed E-state index contributed by atoms with van der Waals surface area (Å²) >= 11 is 0. The van der Waals surface area contributed by atoms with Gasteiger partial charge in [0.15, 0.2) is 0 Å². The molecule has 3 rings (SSSR count).